The molecule has 0 saturated carbocycles. The summed E-state index contributed by atoms with van der Waals surface area (Å²) in [6, 6.07) is -0.862. The largest absolute Gasteiger partial charge is 0.381 e. The molecule has 0 radical (unpaired) electrons. The van der Waals surface area contributed by atoms with Crippen molar-refractivity contribution in [2.45, 2.75) is 57.0 Å². The molecule has 0 spiro atoms. The summed E-state index contributed by atoms with van der Waals surface area (Å²) < 4.78 is 29.9. The third kappa shape index (κ3) is 4.99. The van der Waals surface area contributed by atoms with Gasteiger partial charge in [-0.05, 0) is 33.2 Å². The monoisotopic (exact) mass is 519 g/mol. The Morgan fingerprint density at radius 1 is 1.19 bits per heavy atom. The average molecular weight is 520 g/mol. The molecule has 2 aromatic rings. The summed E-state index contributed by atoms with van der Waals surface area (Å²) in [4.78, 5) is 36.6. The smallest absolute Gasteiger partial charge is 0.259 e. The molecule has 0 aromatic carbocycles. The van der Waals surface area contributed by atoms with Crippen molar-refractivity contribution in [1.82, 2.24) is 39.9 Å². The summed E-state index contributed by atoms with van der Waals surface area (Å²) in [5.41, 5.74) is 6.10. The van der Waals surface area contributed by atoms with Crippen molar-refractivity contribution in [2.75, 3.05) is 51.5 Å². The Morgan fingerprint density at radius 3 is 2.68 bits per heavy atom. The van der Waals surface area contributed by atoms with Crippen LogP contribution in [0.1, 0.15) is 37.0 Å². The quantitative estimate of drug-likeness (QED) is 0.500. The number of nitrogens with one attached hydrogen (secondary N) is 2. The lowest BCUT2D eigenvalue weighted by Crippen LogP contribution is -2.67. The number of fused-ring (bicyclic) bond motifs is 1. The molecule has 0 aliphatic carbocycles. The van der Waals surface area contributed by atoms with E-state index < -0.39 is 30.0 Å². The van der Waals surface area contributed by atoms with E-state index in [0.29, 0.717) is 38.8 Å². The van der Waals surface area contributed by atoms with Crippen molar-refractivity contribution in [2.24, 2.45) is 0 Å². The third-order valence-electron chi connectivity index (χ3n) is 7.79. The second-order valence-corrected chi connectivity index (χ2v) is 10.4. The van der Waals surface area contributed by atoms with Crippen LogP contribution in [0.3, 0.4) is 0 Å². The normalized spacial score (nSPS) is 27.8. The number of rotatable bonds is 5. The van der Waals surface area contributed by atoms with E-state index in [0.717, 1.165) is 36.3 Å². The molecule has 2 aromatic heterocycles. The van der Waals surface area contributed by atoms with Gasteiger partial charge in [-0.1, -0.05) is 0 Å². The second-order valence-electron chi connectivity index (χ2n) is 10.4. The van der Waals surface area contributed by atoms with E-state index in [-0.39, 0.29) is 35.5 Å². The number of aromatic nitrogens is 3. The molecule has 37 heavy (non-hydrogen) atoms. The first-order chi connectivity index (χ1) is 17.7. The van der Waals surface area contributed by atoms with E-state index in [1.165, 1.54) is 0 Å². The van der Waals surface area contributed by atoms with Gasteiger partial charge in [-0.15, -0.1) is 5.10 Å². The Kier molecular flexibility index (Phi) is 7.28. The van der Waals surface area contributed by atoms with E-state index >= 15 is 4.39 Å². The highest BCUT2D eigenvalue weighted by Crippen LogP contribution is 2.24. The molecule has 5 rings (SSSR count). The predicted octanol–water partition coefficient (Wildman–Crippen LogP) is -0.124. The number of halogens is 2. The fourth-order valence-electron chi connectivity index (χ4n) is 6.00. The van der Waals surface area contributed by atoms with Crippen LogP contribution in [0.4, 0.5) is 14.6 Å². The number of nitrogens with zero attached hydrogens (tertiary/aromatic N) is 6. The van der Waals surface area contributed by atoms with Crippen LogP contribution in [-0.2, 0) is 4.79 Å². The van der Waals surface area contributed by atoms with Crippen LogP contribution in [0.25, 0.3) is 5.65 Å². The molecule has 2 amide bonds. The van der Waals surface area contributed by atoms with Crippen molar-refractivity contribution in [3.63, 3.8) is 0 Å². The number of amides is 2. The maximum absolute atomic E-state index is 15.3. The minimum atomic E-state index is -1.21. The van der Waals surface area contributed by atoms with Crippen molar-refractivity contribution >= 4 is 23.3 Å². The zero-order chi connectivity index (χ0) is 26.3. The molecule has 202 valence electrons. The van der Waals surface area contributed by atoms with Crippen LogP contribution >= 0.6 is 0 Å². The van der Waals surface area contributed by atoms with Gasteiger partial charge in [-0.25, -0.2) is 18.3 Å². The topological polar surface area (TPSA) is 124 Å². The molecule has 4 N–H and O–H groups in total. The van der Waals surface area contributed by atoms with Gasteiger partial charge in [0.05, 0.1) is 30.5 Å². The van der Waals surface area contributed by atoms with E-state index in [1.807, 2.05) is 9.80 Å². The highest BCUT2D eigenvalue weighted by Gasteiger charge is 2.42. The lowest BCUT2D eigenvalue weighted by atomic mass is 9.96. The van der Waals surface area contributed by atoms with Gasteiger partial charge >= 0.3 is 0 Å². The van der Waals surface area contributed by atoms with Gasteiger partial charge in [0, 0.05) is 45.3 Å². The number of anilines is 1. The zero-order valence-electron chi connectivity index (χ0n) is 21.2. The Balaban J connectivity index is 1.26. The summed E-state index contributed by atoms with van der Waals surface area (Å²) in [5.74, 6) is -1.07. The van der Waals surface area contributed by atoms with Gasteiger partial charge in [0.2, 0.25) is 5.91 Å². The molecule has 3 saturated heterocycles. The standard InChI is InChI=1S/C24H35F2N9O2/c1-14(2)34-5-3-4-18(34)24(37)33-8-6-32(7-9-33)20-16(26)11-28-12-17(20)30-23(36)19-21(27)31-35-13-15(25)10-29-22(19)35/h10,13-14,16-18,20,28H,3-9,11-12H2,1-2H3,(H2,27,31)(H,30,36). The van der Waals surface area contributed by atoms with Crippen molar-refractivity contribution in [1.29, 1.82) is 0 Å². The number of alkyl halides is 1. The number of piperazine rings is 1. The number of likely N-dealkylation sites (tertiary alicyclic amines) is 1. The summed E-state index contributed by atoms with van der Waals surface area (Å²) in [7, 11) is 0. The summed E-state index contributed by atoms with van der Waals surface area (Å²) in [5, 5.41) is 9.92. The molecule has 3 fully saturated rings. The number of piperidine rings is 1. The first kappa shape index (κ1) is 25.7. The number of carbonyl (C=O) groups excluding carboxylic acids is 2. The highest BCUT2D eigenvalue weighted by atomic mass is 19.1. The fraction of sp³-hybridized carbons (Fsp3) is 0.667. The van der Waals surface area contributed by atoms with Crippen LogP contribution in [0.5, 0.6) is 0 Å². The lowest BCUT2D eigenvalue weighted by molar-refractivity contribution is -0.139. The Labute approximate surface area is 214 Å². The van der Waals surface area contributed by atoms with Crippen molar-refractivity contribution < 1.29 is 18.4 Å². The van der Waals surface area contributed by atoms with E-state index in [4.69, 9.17) is 5.73 Å². The van der Waals surface area contributed by atoms with Gasteiger partial charge in [0.25, 0.3) is 5.91 Å². The number of hydrogen-bond acceptors (Lipinski definition) is 8. The molecule has 3 aliphatic heterocycles. The fourth-order valence-corrected chi connectivity index (χ4v) is 6.00. The first-order valence-electron chi connectivity index (χ1n) is 13.0. The number of nitrogens with two attached hydrogens (primary N) is 1. The van der Waals surface area contributed by atoms with Crippen LogP contribution in [0.2, 0.25) is 0 Å². The minimum Gasteiger partial charge on any atom is -0.381 e. The molecule has 13 heteroatoms. The molecule has 4 unspecified atom stereocenters. The number of hydrogen-bond donors (Lipinski definition) is 3. The van der Waals surface area contributed by atoms with Gasteiger partial charge in [0.15, 0.2) is 17.3 Å². The zero-order valence-corrected chi connectivity index (χ0v) is 21.2. The molecular weight excluding hydrogens is 484 g/mol. The average Bonchev–Trinajstić information content (AvgIpc) is 3.48. The van der Waals surface area contributed by atoms with E-state index in [1.54, 1.807) is 0 Å². The Hall–Kier alpha value is -2.90. The Bertz CT molecular complexity index is 1150. The van der Waals surface area contributed by atoms with Crippen molar-refractivity contribution in [3.8, 4) is 0 Å². The molecule has 4 atom stereocenters. The van der Waals surface area contributed by atoms with Gasteiger partial charge < -0.3 is 21.3 Å². The number of carbonyl (C=O) groups is 2. The van der Waals surface area contributed by atoms with E-state index in [2.05, 4.69) is 39.5 Å². The maximum atomic E-state index is 15.3. The van der Waals surface area contributed by atoms with Gasteiger partial charge in [-0.2, -0.15) is 0 Å². The highest BCUT2D eigenvalue weighted by molar-refractivity contribution is 6.04. The molecule has 5 heterocycles. The minimum absolute atomic E-state index is 0.0291. The molecule has 11 nitrogen and oxygen atoms in total. The summed E-state index contributed by atoms with van der Waals surface area (Å²) in [6.07, 6.45) is 2.77. The van der Waals surface area contributed by atoms with Crippen LogP contribution in [-0.4, -0.2) is 117 Å². The van der Waals surface area contributed by atoms with Gasteiger partial charge in [-0.3, -0.25) is 19.4 Å². The lowest BCUT2D eigenvalue weighted by Gasteiger charge is -2.46. The van der Waals surface area contributed by atoms with E-state index in [9.17, 15) is 14.0 Å². The third-order valence-corrected chi connectivity index (χ3v) is 7.79. The van der Waals surface area contributed by atoms with Crippen LogP contribution in [0.15, 0.2) is 12.4 Å². The maximum Gasteiger partial charge on any atom is 0.259 e. The summed E-state index contributed by atoms with van der Waals surface area (Å²) in [6.45, 7) is 7.83. The first-order valence-corrected chi connectivity index (χ1v) is 13.0. The number of nitrogen functional groups attached to an aromatic ring is 1. The summed E-state index contributed by atoms with van der Waals surface area (Å²) >= 11 is 0. The Morgan fingerprint density at radius 2 is 1.95 bits per heavy atom. The van der Waals surface area contributed by atoms with Crippen molar-refractivity contribution in [3.05, 3.63) is 23.8 Å². The predicted molar refractivity (Wildman–Crippen MR) is 133 cm³/mol. The molecular formula is C24H35F2N9O2. The molecule has 0 bridgehead atoms. The van der Waals surface area contributed by atoms with Gasteiger partial charge in [0.1, 0.15) is 11.7 Å². The molecule has 3 aliphatic rings. The van der Waals surface area contributed by atoms with Crippen LogP contribution in [0, 0.1) is 5.82 Å². The second kappa shape index (κ2) is 10.5. The van der Waals surface area contributed by atoms with Crippen LogP contribution < -0.4 is 16.4 Å². The SMILES string of the molecule is CC(C)N1CCCC1C(=O)N1CCN(C2C(F)CNCC2NC(=O)c2c(N)nn3cc(F)cnc23)CC1.